The highest BCUT2D eigenvalue weighted by Crippen LogP contribution is 2.39. The van der Waals surface area contributed by atoms with Gasteiger partial charge in [0.05, 0.1) is 11.2 Å². The molecule has 0 bridgehead atoms. The summed E-state index contributed by atoms with van der Waals surface area (Å²) >= 11 is 0. The second kappa shape index (κ2) is 12.4. The van der Waals surface area contributed by atoms with Crippen LogP contribution in [0.15, 0.2) is 182 Å². The second-order valence-electron chi connectivity index (χ2n) is 13.1. The van der Waals surface area contributed by atoms with Crippen molar-refractivity contribution in [2.45, 2.75) is 0 Å². The average molecular weight is 663 g/mol. The van der Waals surface area contributed by atoms with Crippen LogP contribution in [0.1, 0.15) is 0 Å². The number of fused-ring (bicyclic) bond motifs is 5. The van der Waals surface area contributed by atoms with Crippen molar-refractivity contribution in [1.29, 1.82) is 0 Å². The van der Waals surface area contributed by atoms with Gasteiger partial charge >= 0.3 is 0 Å². The molecule has 242 valence electrons. The van der Waals surface area contributed by atoms with Crippen LogP contribution in [-0.2, 0) is 0 Å². The summed E-state index contributed by atoms with van der Waals surface area (Å²) in [4.78, 5) is 20.5. The van der Waals surface area contributed by atoms with Gasteiger partial charge in [0.25, 0.3) is 0 Å². The molecule has 0 N–H and O–H groups in total. The molecule has 2 heterocycles. The van der Waals surface area contributed by atoms with Crippen LogP contribution < -0.4 is 0 Å². The van der Waals surface area contributed by atoms with Gasteiger partial charge < -0.3 is 0 Å². The molecule has 0 aliphatic heterocycles. The Morgan fingerprint density at radius 1 is 0.288 bits per heavy atom. The maximum absolute atomic E-state index is 5.16. The number of aromatic nitrogens is 4. The number of para-hydroxylation sites is 1. The molecule has 0 amide bonds. The molecule has 0 spiro atoms. The molecule has 0 fully saturated rings. The van der Waals surface area contributed by atoms with E-state index in [0.29, 0.717) is 17.5 Å². The first-order valence-electron chi connectivity index (χ1n) is 17.5. The lowest BCUT2D eigenvalue weighted by Gasteiger charge is -2.15. The highest BCUT2D eigenvalue weighted by molar-refractivity contribution is 6.17. The normalized spacial score (nSPS) is 11.5. The van der Waals surface area contributed by atoms with Gasteiger partial charge in [-0.3, -0.25) is 0 Å². The number of pyridine rings is 1. The molecule has 0 aliphatic carbocycles. The van der Waals surface area contributed by atoms with Gasteiger partial charge in [-0.15, -0.1) is 0 Å². The lowest BCUT2D eigenvalue weighted by atomic mass is 9.92. The summed E-state index contributed by atoms with van der Waals surface area (Å²) in [5.41, 5.74) is 8.07. The topological polar surface area (TPSA) is 51.6 Å². The fourth-order valence-corrected chi connectivity index (χ4v) is 7.31. The van der Waals surface area contributed by atoms with E-state index >= 15 is 0 Å². The number of hydrogen-bond acceptors (Lipinski definition) is 4. The second-order valence-corrected chi connectivity index (χ2v) is 13.1. The molecular weight excluding hydrogens is 633 g/mol. The SMILES string of the molecule is c1ccc(-c2nc3ccccc3c3c(-c4cccc(-c5nc(-c6ccc7ccccc7c6)nc(-c6ccc7ccccc7c6)n5)c4)cccc23)cc1. The van der Waals surface area contributed by atoms with Gasteiger partial charge in [-0.1, -0.05) is 158 Å². The zero-order valence-electron chi connectivity index (χ0n) is 28.1. The van der Waals surface area contributed by atoms with Crippen molar-refractivity contribution in [3.63, 3.8) is 0 Å². The van der Waals surface area contributed by atoms with E-state index < -0.39 is 0 Å². The third kappa shape index (κ3) is 5.26. The van der Waals surface area contributed by atoms with E-state index in [1.54, 1.807) is 0 Å². The molecule has 0 saturated heterocycles. The number of hydrogen-bond donors (Lipinski definition) is 0. The predicted molar refractivity (Wildman–Crippen MR) is 215 cm³/mol. The Labute approximate surface area is 300 Å². The van der Waals surface area contributed by atoms with Crippen LogP contribution in [0.4, 0.5) is 0 Å². The van der Waals surface area contributed by atoms with Crippen molar-refractivity contribution in [1.82, 2.24) is 19.9 Å². The summed E-state index contributed by atoms with van der Waals surface area (Å²) in [5.74, 6) is 1.90. The minimum atomic E-state index is 0.625. The predicted octanol–water partition coefficient (Wildman–Crippen LogP) is 12.2. The third-order valence-electron chi connectivity index (χ3n) is 9.85. The van der Waals surface area contributed by atoms with Crippen molar-refractivity contribution in [3.8, 4) is 56.5 Å². The molecule has 10 aromatic rings. The van der Waals surface area contributed by atoms with Crippen LogP contribution in [-0.4, -0.2) is 19.9 Å². The first kappa shape index (κ1) is 29.8. The van der Waals surface area contributed by atoms with Gasteiger partial charge in [-0.05, 0) is 56.9 Å². The zero-order valence-corrected chi connectivity index (χ0v) is 28.1. The summed E-state index contributed by atoms with van der Waals surface area (Å²) in [6, 6.07) is 63.5. The first-order chi connectivity index (χ1) is 25.7. The summed E-state index contributed by atoms with van der Waals surface area (Å²) in [7, 11) is 0. The number of benzene rings is 8. The van der Waals surface area contributed by atoms with Gasteiger partial charge in [0.1, 0.15) is 0 Å². The molecule has 0 saturated carbocycles. The number of rotatable bonds is 5. The fraction of sp³-hybridized carbons (Fsp3) is 0. The largest absolute Gasteiger partial charge is 0.247 e. The molecule has 2 aromatic heterocycles. The molecular formula is C48H30N4. The van der Waals surface area contributed by atoms with Crippen LogP contribution in [0.5, 0.6) is 0 Å². The third-order valence-corrected chi connectivity index (χ3v) is 9.85. The van der Waals surface area contributed by atoms with Gasteiger partial charge in [0, 0.05) is 38.4 Å². The minimum Gasteiger partial charge on any atom is -0.247 e. The standard InChI is InChI=1S/C48H30N4/c1-2-14-33(15-3-1)45-42-22-11-21-40(44(42)41-20-8-9-23-43(41)49-45)36-18-10-19-37(30-36)46-50-47(38-26-24-31-12-4-6-16-34(31)28-38)52-48(51-46)39-27-25-32-13-5-7-17-35(32)29-39/h1-30H. The van der Waals surface area contributed by atoms with Gasteiger partial charge in [-0.2, -0.15) is 0 Å². The van der Waals surface area contributed by atoms with Crippen LogP contribution in [0, 0.1) is 0 Å². The van der Waals surface area contributed by atoms with Crippen LogP contribution in [0.2, 0.25) is 0 Å². The average Bonchev–Trinajstić information content (AvgIpc) is 3.23. The van der Waals surface area contributed by atoms with E-state index in [-0.39, 0.29) is 0 Å². The van der Waals surface area contributed by atoms with Gasteiger partial charge in [-0.25, -0.2) is 19.9 Å². The summed E-state index contributed by atoms with van der Waals surface area (Å²) in [6.07, 6.45) is 0. The Morgan fingerprint density at radius 3 is 1.46 bits per heavy atom. The summed E-state index contributed by atoms with van der Waals surface area (Å²) in [6.45, 7) is 0. The zero-order chi connectivity index (χ0) is 34.4. The quantitative estimate of drug-likeness (QED) is 0.172. The molecule has 52 heavy (non-hydrogen) atoms. The van der Waals surface area contributed by atoms with E-state index in [0.717, 1.165) is 66.1 Å². The van der Waals surface area contributed by atoms with Gasteiger partial charge in [0.15, 0.2) is 17.5 Å². The van der Waals surface area contributed by atoms with Crippen LogP contribution >= 0.6 is 0 Å². The Balaban J connectivity index is 1.17. The molecule has 0 radical (unpaired) electrons. The molecule has 8 aromatic carbocycles. The molecule has 10 rings (SSSR count). The maximum atomic E-state index is 5.16. The Hall–Kier alpha value is -7.04. The van der Waals surface area contributed by atoms with Crippen LogP contribution in [0.25, 0.3) is 99.8 Å². The van der Waals surface area contributed by atoms with Gasteiger partial charge in [0.2, 0.25) is 0 Å². The van der Waals surface area contributed by atoms with E-state index in [4.69, 9.17) is 19.9 Å². The van der Waals surface area contributed by atoms with Crippen molar-refractivity contribution < 1.29 is 0 Å². The monoisotopic (exact) mass is 662 g/mol. The molecule has 0 aliphatic rings. The Bertz CT molecular complexity index is 2870. The van der Waals surface area contributed by atoms with Crippen molar-refractivity contribution >= 4 is 43.2 Å². The Morgan fingerprint density at radius 2 is 0.788 bits per heavy atom. The smallest absolute Gasteiger partial charge is 0.164 e. The highest BCUT2D eigenvalue weighted by Gasteiger charge is 2.17. The van der Waals surface area contributed by atoms with Crippen molar-refractivity contribution in [2.75, 3.05) is 0 Å². The maximum Gasteiger partial charge on any atom is 0.164 e. The van der Waals surface area contributed by atoms with Crippen molar-refractivity contribution in [3.05, 3.63) is 182 Å². The minimum absolute atomic E-state index is 0.625. The fourth-order valence-electron chi connectivity index (χ4n) is 7.31. The van der Waals surface area contributed by atoms with E-state index in [1.165, 1.54) is 16.2 Å². The molecule has 4 nitrogen and oxygen atoms in total. The van der Waals surface area contributed by atoms with E-state index in [2.05, 4.69) is 176 Å². The van der Waals surface area contributed by atoms with Crippen molar-refractivity contribution in [2.24, 2.45) is 0 Å². The Kier molecular flexibility index (Phi) is 7.10. The number of nitrogens with zero attached hydrogens (tertiary/aromatic N) is 4. The van der Waals surface area contributed by atoms with E-state index in [1.807, 2.05) is 6.07 Å². The molecule has 0 atom stereocenters. The molecule has 4 heteroatoms. The highest BCUT2D eigenvalue weighted by atomic mass is 15.0. The molecule has 0 unspecified atom stereocenters. The lowest BCUT2D eigenvalue weighted by molar-refractivity contribution is 1.08. The lowest BCUT2D eigenvalue weighted by Crippen LogP contribution is -2.00. The van der Waals surface area contributed by atoms with E-state index in [9.17, 15) is 0 Å². The first-order valence-corrected chi connectivity index (χ1v) is 17.5. The summed E-state index contributed by atoms with van der Waals surface area (Å²) in [5, 5.41) is 8.05. The summed E-state index contributed by atoms with van der Waals surface area (Å²) < 4.78 is 0. The van der Waals surface area contributed by atoms with Crippen LogP contribution in [0.3, 0.4) is 0 Å².